The molecule has 0 unspecified atom stereocenters. The molecule has 3 aromatic carbocycles. The minimum atomic E-state index is -0.549. The van der Waals surface area contributed by atoms with Crippen LogP contribution in [0.2, 0.25) is 0 Å². The lowest BCUT2D eigenvalue weighted by Crippen LogP contribution is -2.52. The number of phenolic OH excluding ortho intramolecular Hbond substituents is 1. The molecule has 2 N–H and O–H groups in total. The molecule has 35 heavy (non-hydrogen) atoms. The van der Waals surface area contributed by atoms with Crippen LogP contribution in [0.5, 0.6) is 5.75 Å². The second kappa shape index (κ2) is 8.69. The molecule has 0 spiro atoms. The van der Waals surface area contributed by atoms with Crippen molar-refractivity contribution in [3.8, 4) is 28.3 Å². The average molecular weight is 468 g/mol. The highest BCUT2D eigenvalue weighted by Gasteiger charge is 2.41. The predicted molar refractivity (Wildman–Crippen MR) is 137 cm³/mol. The third-order valence-electron chi connectivity index (χ3n) is 6.38. The third-order valence-corrected chi connectivity index (χ3v) is 6.38. The van der Waals surface area contributed by atoms with E-state index in [0.29, 0.717) is 16.7 Å². The van der Waals surface area contributed by atoms with Gasteiger partial charge in [0.25, 0.3) is 0 Å². The zero-order valence-corrected chi connectivity index (χ0v) is 20.2. The molecule has 1 amide bonds. The van der Waals surface area contributed by atoms with Crippen LogP contribution < -0.4 is 5.32 Å². The van der Waals surface area contributed by atoms with Crippen molar-refractivity contribution in [2.45, 2.75) is 51.2 Å². The van der Waals surface area contributed by atoms with Crippen molar-refractivity contribution in [2.24, 2.45) is 0 Å². The molecule has 1 saturated carbocycles. The van der Waals surface area contributed by atoms with Crippen LogP contribution in [0.1, 0.15) is 45.6 Å². The third kappa shape index (κ3) is 4.56. The molecule has 0 saturated heterocycles. The van der Waals surface area contributed by atoms with Gasteiger partial charge in [0.05, 0.1) is 22.4 Å². The molecule has 6 nitrogen and oxygen atoms in total. The molecule has 1 heterocycles. The van der Waals surface area contributed by atoms with Gasteiger partial charge < -0.3 is 15.2 Å². The summed E-state index contributed by atoms with van der Waals surface area (Å²) in [4.78, 5) is 22.2. The molecule has 1 aliphatic rings. The van der Waals surface area contributed by atoms with E-state index in [1.165, 1.54) is 0 Å². The summed E-state index contributed by atoms with van der Waals surface area (Å²) in [5, 5.41) is 13.5. The SMILES string of the molecule is CC(C)(C)OC(=O)NC1(c2ccc(-c3nc4c(O)cccc4nc3-c3ccccc3)cc2)CCC1. The maximum Gasteiger partial charge on any atom is 0.408 e. The lowest BCUT2D eigenvalue weighted by Gasteiger charge is -2.43. The summed E-state index contributed by atoms with van der Waals surface area (Å²) in [6.45, 7) is 5.59. The minimum Gasteiger partial charge on any atom is -0.506 e. The molecule has 0 atom stereocenters. The summed E-state index contributed by atoms with van der Waals surface area (Å²) in [6, 6.07) is 23.3. The van der Waals surface area contributed by atoms with Crippen LogP contribution in [0.4, 0.5) is 4.79 Å². The normalized spacial score (nSPS) is 14.8. The molecule has 0 bridgehead atoms. The van der Waals surface area contributed by atoms with Gasteiger partial charge in [0.2, 0.25) is 0 Å². The van der Waals surface area contributed by atoms with E-state index in [-0.39, 0.29) is 5.75 Å². The van der Waals surface area contributed by atoms with Crippen molar-refractivity contribution in [2.75, 3.05) is 0 Å². The van der Waals surface area contributed by atoms with Crippen LogP contribution in [0.15, 0.2) is 72.8 Å². The van der Waals surface area contributed by atoms with Crippen molar-refractivity contribution < 1.29 is 14.6 Å². The molecule has 0 radical (unpaired) electrons. The van der Waals surface area contributed by atoms with Crippen molar-refractivity contribution in [1.29, 1.82) is 0 Å². The Hall–Kier alpha value is -3.93. The fourth-order valence-corrected chi connectivity index (χ4v) is 4.52. The van der Waals surface area contributed by atoms with Crippen LogP contribution in [-0.2, 0) is 10.3 Å². The van der Waals surface area contributed by atoms with Crippen LogP contribution >= 0.6 is 0 Å². The van der Waals surface area contributed by atoms with E-state index in [0.717, 1.165) is 41.6 Å². The number of nitrogens with zero attached hydrogens (tertiary/aromatic N) is 2. The van der Waals surface area contributed by atoms with Gasteiger partial charge >= 0.3 is 6.09 Å². The lowest BCUT2D eigenvalue weighted by atomic mass is 9.71. The minimum absolute atomic E-state index is 0.0995. The standard InChI is InChI=1S/C29H29N3O3/c1-28(2,3)35-27(34)32-29(17-8-18-29)21-15-13-20(14-16-21)25-24(19-9-5-4-6-10-19)30-22-11-7-12-23(33)26(22)31-25/h4-7,9-16,33H,8,17-18H2,1-3H3,(H,32,34). The lowest BCUT2D eigenvalue weighted by molar-refractivity contribution is 0.0377. The summed E-state index contributed by atoms with van der Waals surface area (Å²) in [5.41, 5.74) is 4.46. The first-order chi connectivity index (χ1) is 16.7. The number of aromatic nitrogens is 2. The Morgan fingerprint density at radius 3 is 2.17 bits per heavy atom. The Bertz CT molecular complexity index is 1370. The van der Waals surface area contributed by atoms with E-state index < -0.39 is 17.2 Å². The van der Waals surface area contributed by atoms with Crippen LogP contribution in [0, 0.1) is 0 Å². The number of benzene rings is 3. The van der Waals surface area contributed by atoms with Crippen molar-refractivity contribution in [3.63, 3.8) is 0 Å². The van der Waals surface area contributed by atoms with Crippen LogP contribution in [-0.4, -0.2) is 26.8 Å². The smallest absolute Gasteiger partial charge is 0.408 e. The van der Waals surface area contributed by atoms with E-state index in [9.17, 15) is 9.90 Å². The van der Waals surface area contributed by atoms with Crippen molar-refractivity contribution in [1.82, 2.24) is 15.3 Å². The molecular formula is C29H29N3O3. The molecule has 4 aromatic rings. The molecule has 5 rings (SSSR count). The number of carbonyl (C=O) groups excluding carboxylic acids is 1. The quantitative estimate of drug-likeness (QED) is 0.354. The predicted octanol–water partition coefficient (Wildman–Crippen LogP) is 6.57. The zero-order chi connectivity index (χ0) is 24.6. The zero-order valence-electron chi connectivity index (χ0n) is 20.2. The Morgan fingerprint density at radius 1 is 0.886 bits per heavy atom. The Kier molecular flexibility index (Phi) is 5.67. The number of hydrogen-bond donors (Lipinski definition) is 2. The molecular weight excluding hydrogens is 438 g/mol. The molecule has 1 aliphatic carbocycles. The summed E-state index contributed by atoms with van der Waals surface area (Å²) in [5.74, 6) is 0.0995. The number of alkyl carbamates (subject to hydrolysis) is 1. The van der Waals surface area contributed by atoms with Crippen LogP contribution in [0.25, 0.3) is 33.5 Å². The molecule has 1 fully saturated rings. The van der Waals surface area contributed by atoms with Crippen LogP contribution in [0.3, 0.4) is 0 Å². The molecule has 178 valence electrons. The monoisotopic (exact) mass is 467 g/mol. The summed E-state index contributed by atoms with van der Waals surface area (Å²) in [7, 11) is 0. The highest BCUT2D eigenvalue weighted by atomic mass is 16.6. The number of carbonyl (C=O) groups is 1. The number of para-hydroxylation sites is 1. The Labute approximate surface area is 205 Å². The number of amides is 1. The van der Waals surface area contributed by atoms with Gasteiger partial charge in [-0.2, -0.15) is 0 Å². The van der Waals surface area contributed by atoms with Gasteiger partial charge in [0.15, 0.2) is 0 Å². The van der Waals surface area contributed by atoms with E-state index in [2.05, 4.69) is 5.32 Å². The fourth-order valence-electron chi connectivity index (χ4n) is 4.52. The van der Waals surface area contributed by atoms with Gasteiger partial charge in [-0.15, -0.1) is 0 Å². The number of phenols is 1. The average Bonchev–Trinajstić information content (AvgIpc) is 2.81. The van der Waals surface area contributed by atoms with Crippen molar-refractivity contribution >= 4 is 17.1 Å². The summed E-state index contributed by atoms with van der Waals surface area (Å²) in [6.07, 6.45) is 2.38. The number of rotatable bonds is 4. The van der Waals surface area contributed by atoms with E-state index >= 15 is 0 Å². The van der Waals surface area contributed by atoms with Gasteiger partial charge in [0.1, 0.15) is 16.9 Å². The first-order valence-corrected chi connectivity index (χ1v) is 11.9. The Balaban J connectivity index is 1.53. The fraction of sp³-hybridized carbons (Fsp3) is 0.276. The second-order valence-corrected chi connectivity index (χ2v) is 10.1. The van der Waals surface area contributed by atoms with E-state index in [4.69, 9.17) is 14.7 Å². The van der Waals surface area contributed by atoms with Gasteiger partial charge in [-0.3, -0.25) is 0 Å². The van der Waals surface area contributed by atoms with Crippen molar-refractivity contribution in [3.05, 3.63) is 78.4 Å². The van der Waals surface area contributed by atoms with Gasteiger partial charge in [-0.05, 0) is 57.7 Å². The maximum atomic E-state index is 12.5. The van der Waals surface area contributed by atoms with E-state index in [1.807, 2.05) is 81.4 Å². The number of nitrogens with one attached hydrogen (secondary N) is 1. The topological polar surface area (TPSA) is 84.3 Å². The van der Waals surface area contributed by atoms with Gasteiger partial charge in [-0.25, -0.2) is 14.8 Å². The largest absolute Gasteiger partial charge is 0.506 e. The first-order valence-electron chi connectivity index (χ1n) is 11.9. The maximum absolute atomic E-state index is 12.5. The Morgan fingerprint density at radius 2 is 1.54 bits per heavy atom. The number of fused-ring (bicyclic) bond motifs is 1. The molecule has 6 heteroatoms. The first kappa shape index (κ1) is 22.8. The second-order valence-electron chi connectivity index (χ2n) is 10.1. The van der Waals surface area contributed by atoms with Gasteiger partial charge in [0, 0.05) is 11.1 Å². The van der Waals surface area contributed by atoms with Gasteiger partial charge in [-0.1, -0.05) is 60.7 Å². The highest BCUT2D eigenvalue weighted by molar-refractivity contribution is 5.89. The van der Waals surface area contributed by atoms with E-state index in [1.54, 1.807) is 12.1 Å². The summed E-state index contributed by atoms with van der Waals surface area (Å²) >= 11 is 0. The number of aromatic hydroxyl groups is 1. The molecule has 1 aromatic heterocycles. The summed E-state index contributed by atoms with van der Waals surface area (Å²) < 4.78 is 5.51. The molecule has 0 aliphatic heterocycles. The highest BCUT2D eigenvalue weighted by Crippen LogP contribution is 2.42. The number of hydrogen-bond acceptors (Lipinski definition) is 5. The number of ether oxygens (including phenoxy) is 1.